The predicted octanol–water partition coefficient (Wildman–Crippen LogP) is 2.81. The van der Waals surface area contributed by atoms with Crippen molar-refractivity contribution >= 4 is 5.69 Å². The Morgan fingerprint density at radius 2 is 1.94 bits per heavy atom. The Balaban J connectivity index is 3.02. The molecule has 0 aliphatic carbocycles. The smallest absolute Gasteiger partial charge is 0.146 e. The van der Waals surface area contributed by atoms with Crippen molar-refractivity contribution in [2.45, 2.75) is 27.2 Å². The number of rotatable bonds is 4. The monoisotopic (exact) mass is 238 g/mol. The number of benzene rings is 1. The Labute approximate surface area is 104 Å². The minimum atomic E-state index is -0.164. The van der Waals surface area contributed by atoms with Crippen molar-refractivity contribution in [2.24, 2.45) is 11.1 Å². The Bertz CT molecular complexity index is 369. The zero-order valence-corrected chi connectivity index (χ0v) is 11.3. The third-order valence-corrected chi connectivity index (χ3v) is 2.58. The van der Waals surface area contributed by atoms with E-state index in [4.69, 9.17) is 5.73 Å². The van der Waals surface area contributed by atoms with Crippen LogP contribution >= 0.6 is 0 Å². The Kier molecular flexibility index (Phi) is 4.52. The van der Waals surface area contributed by atoms with Gasteiger partial charge in [0.2, 0.25) is 0 Å². The molecule has 0 radical (unpaired) electrons. The molecule has 1 aromatic carbocycles. The van der Waals surface area contributed by atoms with Crippen LogP contribution in [-0.4, -0.2) is 20.1 Å². The van der Waals surface area contributed by atoms with Crippen LogP contribution in [0.5, 0.6) is 0 Å². The van der Waals surface area contributed by atoms with Gasteiger partial charge in [0.1, 0.15) is 5.82 Å². The fourth-order valence-electron chi connectivity index (χ4n) is 2.14. The van der Waals surface area contributed by atoms with Gasteiger partial charge in [0.25, 0.3) is 0 Å². The first kappa shape index (κ1) is 14.0. The molecule has 3 heteroatoms. The van der Waals surface area contributed by atoms with Crippen LogP contribution in [0.25, 0.3) is 0 Å². The molecule has 0 aliphatic rings. The molecule has 0 spiro atoms. The topological polar surface area (TPSA) is 29.3 Å². The zero-order chi connectivity index (χ0) is 13.1. The average Bonchev–Trinajstić information content (AvgIpc) is 2.15. The molecule has 0 saturated carbocycles. The normalized spacial score (nSPS) is 11.6. The van der Waals surface area contributed by atoms with E-state index < -0.39 is 0 Å². The number of halogens is 1. The lowest BCUT2D eigenvalue weighted by atomic mass is 9.95. The predicted molar refractivity (Wildman–Crippen MR) is 71.9 cm³/mol. The van der Waals surface area contributed by atoms with Gasteiger partial charge >= 0.3 is 0 Å². The van der Waals surface area contributed by atoms with Gasteiger partial charge in [-0.3, -0.25) is 0 Å². The lowest BCUT2D eigenvalue weighted by Crippen LogP contribution is -2.30. The highest BCUT2D eigenvalue weighted by molar-refractivity contribution is 5.54. The summed E-state index contributed by atoms with van der Waals surface area (Å²) in [7, 11) is 1.93. The molecule has 17 heavy (non-hydrogen) atoms. The highest BCUT2D eigenvalue weighted by Gasteiger charge is 2.18. The molecule has 0 aromatic heterocycles. The molecule has 2 nitrogen and oxygen atoms in total. The summed E-state index contributed by atoms with van der Waals surface area (Å²) in [5.74, 6) is -0.164. The number of anilines is 1. The molecule has 0 unspecified atom stereocenters. The summed E-state index contributed by atoms with van der Waals surface area (Å²) in [6.45, 7) is 7.79. The van der Waals surface area contributed by atoms with E-state index in [0.29, 0.717) is 18.7 Å². The van der Waals surface area contributed by atoms with Crippen molar-refractivity contribution in [2.75, 3.05) is 25.0 Å². The van der Waals surface area contributed by atoms with Crippen molar-refractivity contribution in [1.82, 2.24) is 0 Å². The van der Waals surface area contributed by atoms with Gasteiger partial charge in [-0.05, 0) is 30.0 Å². The second kappa shape index (κ2) is 5.50. The number of nitrogens with zero attached hydrogens (tertiary/aromatic N) is 1. The highest BCUT2D eigenvalue weighted by Crippen LogP contribution is 2.27. The largest absolute Gasteiger partial charge is 0.371 e. The first-order chi connectivity index (χ1) is 7.85. The van der Waals surface area contributed by atoms with Crippen molar-refractivity contribution in [3.05, 3.63) is 29.6 Å². The maximum Gasteiger partial charge on any atom is 0.146 e. The van der Waals surface area contributed by atoms with Gasteiger partial charge < -0.3 is 10.6 Å². The maximum absolute atomic E-state index is 13.9. The van der Waals surface area contributed by atoms with E-state index >= 15 is 0 Å². The van der Waals surface area contributed by atoms with E-state index in [0.717, 1.165) is 12.1 Å². The van der Waals surface area contributed by atoms with E-state index in [2.05, 4.69) is 20.8 Å². The Hall–Kier alpha value is -1.09. The minimum absolute atomic E-state index is 0.136. The molecule has 0 bridgehead atoms. The van der Waals surface area contributed by atoms with Crippen molar-refractivity contribution < 1.29 is 4.39 Å². The van der Waals surface area contributed by atoms with Crippen molar-refractivity contribution in [3.8, 4) is 0 Å². The van der Waals surface area contributed by atoms with Crippen LogP contribution in [-0.2, 0) is 6.42 Å². The fraction of sp³-hybridized carbons (Fsp3) is 0.571. The van der Waals surface area contributed by atoms with E-state index in [1.54, 1.807) is 6.07 Å². The van der Waals surface area contributed by atoms with Gasteiger partial charge in [0, 0.05) is 13.6 Å². The zero-order valence-electron chi connectivity index (χ0n) is 11.3. The minimum Gasteiger partial charge on any atom is -0.371 e. The number of hydrogen-bond acceptors (Lipinski definition) is 2. The molecule has 96 valence electrons. The summed E-state index contributed by atoms with van der Waals surface area (Å²) < 4.78 is 13.9. The third kappa shape index (κ3) is 4.00. The van der Waals surface area contributed by atoms with E-state index in [1.807, 2.05) is 18.0 Å². The summed E-state index contributed by atoms with van der Waals surface area (Å²) >= 11 is 0. The average molecular weight is 238 g/mol. The molecular weight excluding hydrogens is 215 g/mol. The van der Waals surface area contributed by atoms with Gasteiger partial charge in [-0.1, -0.05) is 32.9 Å². The summed E-state index contributed by atoms with van der Waals surface area (Å²) in [5, 5.41) is 0. The number of hydrogen-bond donors (Lipinski definition) is 1. The molecule has 0 heterocycles. The number of para-hydroxylation sites is 1. The quantitative estimate of drug-likeness (QED) is 0.874. The SMILES string of the molecule is CN(CC(C)(C)C)c1c(F)cccc1CCN. The van der Waals surface area contributed by atoms with E-state index in [9.17, 15) is 4.39 Å². The van der Waals surface area contributed by atoms with Crippen molar-refractivity contribution in [3.63, 3.8) is 0 Å². The molecule has 0 fully saturated rings. The van der Waals surface area contributed by atoms with Crippen molar-refractivity contribution in [1.29, 1.82) is 0 Å². The van der Waals surface area contributed by atoms with Crippen LogP contribution < -0.4 is 10.6 Å². The molecule has 1 aromatic rings. The molecule has 0 saturated heterocycles. The third-order valence-electron chi connectivity index (χ3n) is 2.58. The molecular formula is C14H23FN2. The Morgan fingerprint density at radius 3 is 2.47 bits per heavy atom. The molecule has 1 rings (SSSR count). The highest BCUT2D eigenvalue weighted by atomic mass is 19.1. The lowest BCUT2D eigenvalue weighted by molar-refractivity contribution is 0.416. The Morgan fingerprint density at radius 1 is 1.29 bits per heavy atom. The van der Waals surface area contributed by atoms with Gasteiger partial charge in [-0.15, -0.1) is 0 Å². The van der Waals surface area contributed by atoms with Crippen LogP contribution in [0.1, 0.15) is 26.3 Å². The molecule has 0 atom stereocenters. The molecule has 0 aliphatic heterocycles. The van der Waals surface area contributed by atoms with Gasteiger partial charge in [-0.2, -0.15) is 0 Å². The van der Waals surface area contributed by atoms with E-state index in [1.165, 1.54) is 6.07 Å². The van der Waals surface area contributed by atoms with Crippen LogP contribution in [0, 0.1) is 11.2 Å². The first-order valence-electron chi connectivity index (χ1n) is 6.04. The fourth-order valence-corrected chi connectivity index (χ4v) is 2.14. The van der Waals surface area contributed by atoms with E-state index in [-0.39, 0.29) is 11.2 Å². The lowest BCUT2D eigenvalue weighted by Gasteiger charge is -2.30. The number of nitrogens with two attached hydrogens (primary N) is 1. The summed E-state index contributed by atoms with van der Waals surface area (Å²) in [6.07, 6.45) is 0.710. The second-order valence-electron chi connectivity index (χ2n) is 5.70. The van der Waals surface area contributed by atoms with Gasteiger partial charge in [0.15, 0.2) is 0 Å². The van der Waals surface area contributed by atoms with Crippen LogP contribution in [0.4, 0.5) is 10.1 Å². The summed E-state index contributed by atoms with van der Waals surface area (Å²) in [5.41, 5.74) is 7.38. The van der Waals surface area contributed by atoms with Gasteiger partial charge in [-0.25, -0.2) is 4.39 Å². The van der Waals surface area contributed by atoms with Crippen LogP contribution in [0.15, 0.2) is 18.2 Å². The standard InChI is InChI=1S/C14H23FN2/c1-14(2,3)10-17(4)13-11(8-9-16)6-5-7-12(13)15/h5-7H,8-10,16H2,1-4H3. The maximum atomic E-state index is 13.9. The molecule has 0 amide bonds. The van der Waals surface area contributed by atoms with Gasteiger partial charge in [0.05, 0.1) is 5.69 Å². The van der Waals surface area contributed by atoms with Crippen LogP contribution in [0.3, 0.4) is 0 Å². The van der Waals surface area contributed by atoms with Crippen LogP contribution in [0.2, 0.25) is 0 Å². The summed E-state index contributed by atoms with van der Waals surface area (Å²) in [6, 6.07) is 5.20. The second-order valence-corrected chi connectivity index (χ2v) is 5.70. The first-order valence-corrected chi connectivity index (χ1v) is 6.04. The molecule has 2 N–H and O–H groups in total. The summed E-state index contributed by atoms with van der Waals surface area (Å²) in [4.78, 5) is 1.99.